The Labute approximate surface area is 207 Å². The molecule has 0 fully saturated rings. The van der Waals surface area contributed by atoms with Gasteiger partial charge in [-0.25, -0.2) is 4.79 Å². The normalized spacial score (nSPS) is 15.9. The Morgan fingerprint density at radius 1 is 1.09 bits per heavy atom. The van der Waals surface area contributed by atoms with Gasteiger partial charge in [0.2, 0.25) is 5.91 Å². The highest BCUT2D eigenvalue weighted by atomic mass is 16.6. The molecule has 1 aromatic rings. The quantitative estimate of drug-likeness (QED) is 0.152. The molecule has 0 aliphatic carbocycles. The summed E-state index contributed by atoms with van der Waals surface area (Å²) >= 11 is 0. The number of para-hydroxylation sites is 1. The molecule has 1 aromatic carbocycles. The molecule has 35 heavy (non-hydrogen) atoms. The van der Waals surface area contributed by atoms with Crippen LogP contribution in [0.1, 0.15) is 77.2 Å². The first kappa shape index (κ1) is 27.8. The molecule has 0 saturated carbocycles. The Hall–Kier alpha value is -3.42. The number of unbranched alkanes of at least 4 members (excludes halogenated alkanes) is 6. The summed E-state index contributed by atoms with van der Waals surface area (Å²) in [6.07, 6.45) is 9.31. The van der Waals surface area contributed by atoms with Crippen molar-refractivity contribution >= 4 is 17.6 Å². The lowest BCUT2D eigenvalue weighted by Crippen LogP contribution is -2.38. The molecule has 8 nitrogen and oxygen atoms in total. The van der Waals surface area contributed by atoms with Crippen LogP contribution in [0.15, 0.2) is 59.5 Å². The van der Waals surface area contributed by atoms with E-state index < -0.39 is 22.7 Å². The van der Waals surface area contributed by atoms with Crippen molar-refractivity contribution in [3.8, 4) is 0 Å². The standard InChI is InChI=1S/C27H37N3O5/c1-5-7-8-9-10-11-14-18-29-19(3)23(26(31)28-17-6-2)25(24(20(29)4)27(32)33)21-15-12-13-16-22(21)30(34)35/h6,12-13,15-16,25H,2,5,7-11,14,17-18H2,1,3-4H3,(H,28,31)(H,32,33). The van der Waals surface area contributed by atoms with Crippen molar-refractivity contribution in [3.63, 3.8) is 0 Å². The zero-order valence-corrected chi connectivity index (χ0v) is 21.0. The minimum atomic E-state index is -1.20. The maximum absolute atomic E-state index is 13.3. The molecule has 0 spiro atoms. The van der Waals surface area contributed by atoms with E-state index in [2.05, 4.69) is 18.8 Å². The van der Waals surface area contributed by atoms with Gasteiger partial charge in [-0.15, -0.1) is 6.58 Å². The number of nitrogens with one attached hydrogen (secondary N) is 1. The van der Waals surface area contributed by atoms with Crippen LogP contribution >= 0.6 is 0 Å². The molecule has 0 bridgehead atoms. The summed E-state index contributed by atoms with van der Waals surface area (Å²) in [6, 6.07) is 6.02. The van der Waals surface area contributed by atoms with E-state index in [0.29, 0.717) is 17.9 Å². The number of carboxylic acids is 1. The number of benzene rings is 1. The van der Waals surface area contributed by atoms with Crippen LogP contribution in [0.2, 0.25) is 0 Å². The molecule has 1 aliphatic rings. The van der Waals surface area contributed by atoms with E-state index in [-0.39, 0.29) is 28.9 Å². The number of nitro groups is 1. The number of hydrogen-bond acceptors (Lipinski definition) is 5. The monoisotopic (exact) mass is 483 g/mol. The average molecular weight is 484 g/mol. The third-order valence-electron chi connectivity index (χ3n) is 6.48. The zero-order valence-electron chi connectivity index (χ0n) is 21.0. The Morgan fingerprint density at radius 2 is 1.69 bits per heavy atom. The molecule has 8 heteroatoms. The summed E-state index contributed by atoms with van der Waals surface area (Å²) in [7, 11) is 0. The first-order valence-corrected chi connectivity index (χ1v) is 12.3. The molecule has 0 saturated heterocycles. The lowest BCUT2D eigenvalue weighted by molar-refractivity contribution is -0.385. The number of aliphatic carboxylic acids is 1. The van der Waals surface area contributed by atoms with Gasteiger partial charge in [-0.2, -0.15) is 0 Å². The largest absolute Gasteiger partial charge is 0.478 e. The summed E-state index contributed by atoms with van der Waals surface area (Å²) in [6.45, 7) is 10.1. The number of amides is 1. The lowest BCUT2D eigenvalue weighted by atomic mass is 9.78. The van der Waals surface area contributed by atoms with Gasteiger partial charge in [0.15, 0.2) is 0 Å². The van der Waals surface area contributed by atoms with Gasteiger partial charge in [-0.3, -0.25) is 14.9 Å². The smallest absolute Gasteiger partial charge is 0.334 e. The maximum Gasteiger partial charge on any atom is 0.334 e. The zero-order chi connectivity index (χ0) is 26.0. The summed E-state index contributed by atoms with van der Waals surface area (Å²) in [5.41, 5.74) is 1.29. The summed E-state index contributed by atoms with van der Waals surface area (Å²) in [5.74, 6) is -2.72. The van der Waals surface area contributed by atoms with Crippen molar-refractivity contribution < 1.29 is 19.6 Å². The summed E-state index contributed by atoms with van der Waals surface area (Å²) < 4.78 is 0. The number of rotatable bonds is 14. The Bertz CT molecular complexity index is 1010. The third-order valence-corrected chi connectivity index (χ3v) is 6.48. The van der Waals surface area contributed by atoms with E-state index in [1.165, 1.54) is 50.0 Å². The van der Waals surface area contributed by atoms with E-state index in [1.54, 1.807) is 19.9 Å². The van der Waals surface area contributed by atoms with Crippen LogP contribution in [-0.4, -0.2) is 39.9 Å². The van der Waals surface area contributed by atoms with Crippen LogP contribution in [0.3, 0.4) is 0 Å². The fourth-order valence-electron chi connectivity index (χ4n) is 4.71. The molecule has 0 aromatic heterocycles. The predicted molar refractivity (Wildman–Crippen MR) is 137 cm³/mol. The van der Waals surface area contributed by atoms with Crippen molar-refractivity contribution in [2.24, 2.45) is 0 Å². The highest BCUT2D eigenvalue weighted by Gasteiger charge is 2.41. The summed E-state index contributed by atoms with van der Waals surface area (Å²) in [4.78, 5) is 38.9. The molecule has 190 valence electrons. The number of nitro benzene ring substituents is 1. The molecular formula is C27H37N3O5. The van der Waals surface area contributed by atoms with E-state index in [0.717, 1.165) is 19.3 Å². The second-order valence-corrected chi connectivity index (χ2v) is 8.82. The summed E-state index contributed by atoms with van der Waals surface area (Å²) in [5, 5.41) is 24.7. The SMILES string of the molecule is C=CCNC(=O)C1=C(C)N(CCCCCCCCC)C(C)=C(C(=O)O)C1c1ccccc1[N+](=O)[O-]. The van der Waals surface area contributed by atoms with E-state index in [9.17, 15) is 24.8 Å². The van der Waals surface area contributed by atoms with Crippen LogP contribution in [0.4, 0.5) is 5.69 Å². The molecule has 1 aliphatic heterocycles. The molecule has 0 radical (unpaired) electrons. The predicted octanol–water partition coefficient (Wildman–Crippen LogP) is 5.68. The minimum Gasteiger partial charge on any atom is -0.478 e. The van der Waals surface area contributed by atoms with Crippen molar-refractivity contribution in [2.45, 2.75) is 71.6 Å². The second-order valence-electron chi connectivity index (χ2n) is 8.82. The number of hydrogen-bond donors (Lipinski definition) is 2. The molecule has 1 atom stereocenters. The maximum atomic E-state index is 13.3. The van der Waals surface area contributed by atoms with Crippen molar-refractivity contribution in [3.05, 3.63) is 75.1 Å². The third kappa shape index (κ3) is 6.81. The topological polar surface area (TPSA) is 113 Å². The van der Waals surface area contributed by atoms with Gasteiger partial charge < -0.3 is 15.3 Å². The molecule has 1 unspecified atom stereocenters. The van der Waals surface area contributed by atoms with Gasteiger partial charge >= 0.3 is 5.97 Å². The first-order chi connectivity index (χ1) is 16.8. The second kappa shape index (κ2) is 13.5. The van der Waals surface area contributed by atoms with E-state index in [1.807, 2.05) is 4.90 Å². The van der Waals surface area contributed by atoms with Gasteiger partial charge in [0.25, 0.3) is 5.69 Å². The van der Waals surface area contributed by atoms with Gasteiger partial charge in [-0.1, -0.05) is 69.7 Å². The average Bonchev–Trinajstić information content (AvgIpc) is 2.82. The van der Waals surface area contributed by atoms with E-state index in [4.69, 9.17) is 0 Å². The lowest BCUT2D eigenvalue weighted by Gasteiger charge is -2.37. The number of nitrogens with zero attached hydrogens (tertiary/aromatic N) is 2. The first-order valence-electron chi connectivity index (χ1n) is 12.3. The van der Waals surface area contributed by atoms with Crippen LogP contribution in [0.5, 0.6) is 0 Å². The number of carbonyl (C=O) groups is 2. The molecule has 1 amide bonds. The van der Waals surface area contributed by atoms with Gasteiger partial charge in [0, 0.05) is 41.7 Å². The number of carbonyl (C=O) groups excluding carboxylic acids is 1. The fraction of sp³-hybridized carbons (Fsp3) is 0.481. The Balaban J connectivity index is 2.51. The highest BCUT2D eigenvalue weighted by molar-refractivity contribution is 6.02. The van der Waals surface area contributed by atoms with Crippen LogP contribution < -0.4 is 5.32 Å². The van der Waals surface area contributed by atoms with Gasteiger partial charge in [0.1, 0.15) is 0 Å². The van der Waals surface area contributed by atoms with Gasteiger partial charge in [0.05, 0.1) is 16.4 Å². The van der Waals surface area contributed by atoms with Crippen LogP contribution in [-0.2, 0) is 9.59 Å². The molecular weight excluding hydrogens is 446 g/mol. The van der Waals surface area contributed by atoms with Crippen LogP contribution in [0.25, 0.3) is 0 Å². The van der Waals surface area contributed by atoms with Gasteiger partial charge in [-0.05, 0) is 20.3 Å². The number of allylic oxidation sites excluding steroid dienone is 2. The minimum absolute atomic E-state index is 0.0170. The Morgan fingerprint density at radius 3 is 2.29 bits per heavy atom. The van der Waals surface area contributed by atoms with Crippen LogP contribution in [0, 0.1) is 10.1 Å². The van der Waals surface area contributed by atoms with Crippen molar-refractivity contribution in [2.75, 3.05) is 13.1 Å². The van der Waals surface area contributed by atoms with Crippen molar-refractivity contribution in [1.29, 1.82) is 0 Å². The molecule has 2 rings (SSSR count). The van der Waals surface area contributed by atoms with Crippen molar-refractivity contribution in [1.82, 2.24) is 10.2 Å². The molecule has 1 heterocycles. The highest BCUT2D eigenvalue weighted by Crippen LogP contribution is 2.44. The molecule has 2 N–H and O–H groups in total. The van der Waals surface area contributed by atoms with E-state index >= 15 is 0 Å². The fourth-order valence-corrected chi connectivity index (χ4v) is 4.71. The number of carboxylic acid groups (broad SMARTS) is 1. The Kier molecular flexibility index (Phi) is 10.7.